The Bertz CT molecular complexity index is 345. The van der Waals surface area contributed by atoms with Crippen LogP contribution in [0.5, 0.6) is 0 Å². The number of aliphatic carboxylic acids is 1. The Kier molecular flexibility index (Phi) is 3.87. The van der Waals surface area contributed by atoms with Gasteiger partial charge in [-0.25, -0.2) is 4.79 Å². The number of carboxylic acids is 1. The van der Waals surface area contributed by atoms with Crippen molar-refractivity contribution in [3.8, 4) is 0 Å². The summed E-state index contributed by atoms with van der Waals surface area (Å²) in [4.78, 5) is 22.4. The highest BCUT2D eigenvalue weighted by atomic mass is 16.4. The van der Waals surface area contributed by atoms with E-state index < -0.39 is 12.1 Å². The zero-order valence-corrected chi connectivity index (χ0v) is 10.2. The van der Waals surface area contributed by atoms with Gasteiger partial charge in [-0.3, -0.25) is 4.79 Å². The molecule has 2 fully saturated rings. The minimum absolute atomic E-state index is 0.0249. The molecule has 0 radical (unpaired) electrons. The SMILES string of the molecule is NC1C2CCC(C2)C1C(=O)NCCC(O)C(=O)O. The highest BCUT2D eigenvalue weighted by molar-refractivity contribution is 5.80. The van der Waals surface area contributed by atoms with E-state index in [0.717, 1.165) is 19.3 Å². The molecule has 2 rings (SSSR count). The topological polar surface area (TPSA) is 113 Å². The minimum Gasteiger partial charge on any atom is -0.479 e. The van der Waals surface area contributed by atoms with Crippen LogP contribution in [-0.2, 0) is 9.59 Å². The molecule has 6 nitrogen and oxygen atoms in total. The van der Waals surface area contributed by atoms with E-state index in [9.17, 15) is 9.59 Å². The van der Waals surface area contributed by atoms with Gasteiger partial charge >= 0.3 is 5.97 Å². The molecule has 0 heterocycles. The van der Waals surface area contributed by atoms with Gasteiger partial charge in [0.2, 0.25) is 5.91 Å². The van der Waals surface area contributed by atoms with Crippen LogP contribution >= 0.6 is 0 Å². The molecular formula is C12H20N2O4. The Labute approximate surface area is 106 Å². The molecule has 0 aromatic rings. The Balaban J connectivity index is 1.77. The molecule has 6 heteroatoms. The van der Waals surface area contributed by atoms with E-state index in [1.165, 1.54) is 0 Å². The average molecular weight is 256 g/mol. The number of rotatable bonds is 5. The van der Waals surface area contributed by atoms with Gasteiger partial charge in [0, 0.05) is 19.0 Å². The fourth-order valence-corrected chi connectivity index (χ4v) is 3.30. The number of aliphatic hydroxyl groups excluding tert-OH is 1. The Morgan fingerprint density at radius 3 is 2.56 bits per heavy atom. The van der Waals surface area contributed by atoms with Crippen LogP contribution in [0.3, 0.4) is 0 Å². The van der Waals surface area contributed by atoms with Gasteiger partial charge in [-0.05, 0) is 31.1 Å². The maximum atomic E-state index is 12.0. The van der Waals surface area contributed by atoms with Gasteiger partial charge in [0.15, 0.2) is 6.10 Å². The van der Waals surface area contributed by atoms with Crippen LogP contribution in [0, 0.1) is 17.8 Å². The summed E-state index contributed by atoms with van der Waals surface area (Å²) in [6.45, 7) is 0.174. The summed E-state index contributed by atoms with van der Waals surface area (Å²) in [6.07, 6.45) is 1.83. The highest BCUT2D eigenvalue weighted by Crippen LogP contribution is 2.47. The second kappa shape index (κ2) is 5.24. The first-order valence-electron chi connectivity index (χ1n) is 6.45. The molecular weight excluding hydrogens is 236 g/mol. The summed E-state index contributed by atoms with van der Waals surface area (Å²) in [5.41, 5.74) is 6.04. The van der Waals surface area contributed by atoms with Crippen LogP contribution in [0.2, 0.25) is 0 Å². The first kappa shape index (κ1) is 13.3. The van der Waals surface area contributed by atoms with Crippen LogP contribution in [0.4, 0.5) is 0 Å². The minimum atomic E-state index is -1.42. The van der Waals surface area contributed by atoms with Crippen molar-refractivity contribution >= 4 is 11.9 Å². The molecule has 0 aromatic carbocycles. The third kappa shape index (κ3) is 2.49. The van der Waals surface area contributed by atoms with Crippen molar-refractivity contribution < 1.29 is 19.8 Å². The lowest BCUT2D eigenvalue weighted by atomic mass is 9.84. The monoisotopic (exact) mass is 256 g/mol. The number of aliphatic hydroxyl groups is 1. The van der Waals surface area contributed by atoms with E-state index in [4.69, 9.17) is 15.9 Å². The van der Waals surface area contributed by atoms with E-state index in [0.29, 0.717) is 11.8 Å². The lowest BCUT2D eigenvalue weighted by Gasteiger charge is -2.27. The van der Waals surface area contributed by atoms with Crippen molar-refractivity contribution in [2.45, 2.75) is 37.8 Å². The first-order chi connectivity index (χ1) is 8.50. The number of carbonyl (C=O) groups excluding carboxylic acids is 1. The van der Waals surface area contributed by atoms with Crippen LogP contribution in [0.25, 0.3) is 0 Å². The number of nitrogens with one attached hydrogen (secondary N) is 1. The van der Waals surface area contributed by atoms with E-state index in [2.05, 4.69) is 5.32 Å². The zero-order valence-electron chi connectivity index (χ0n) is 10.2. The van der Waals surface area contributed by atoms with Gasteiger partial charge in [-0.2, -0.15) is 0 Å². The van der Waals surface area contributed by atoms with Crippen molar-refractivity contribution in [3.05, 3.63) is 0 Å². The fraction of sp³-hybridized carbons (Fsp3) is 0.833. The largest absolute Gasteiger partial charge is 0.479 e. The Morgan fingerprint density at radius 1 is 1.33 bits per heavy atom. The van der Waals surface area contributed by atoms with Crippen molar-refractivity contribution in [2.75, 3.05) is 6.54 Å². The normalized spacial score (nSPS) is 35.4. The van der Waals surface area contributed by atoms with Gasteiger partial charge in [-0.1, -0.05) is 0 Å². The van der Waals surface area contributed by atoms with Crippen LogP contribution < -0.4 is 11.1 Å². The molecule has 0 spiro atoms. The summed E-state index contributed by atoms with van der Waals surface area (Å²) < 4.78 is 0. The Hall–Kier alpha value is -1.14. The smallest absolute Gasteiger partial charge is 0.332 e. The molecule has 0 aliphatic heterocycles. The van der Waals surface area contributed by atoms with Gasteiger partial charge in [0.05, 0.1) is 5.92 Å². The fourth-order valence-electron chi connectivity index (χ4n) is 3.30. The van der Waals surface area contributed by atoms with Crippen LogP contribution in [-0.4, -0.2) is 40.8 Å². The molecule has 5 N–H and O–H groups in total. The molecule has 0 aromatic heterocycles. The number of fused-ring (bicyclic) bond motifs is 2. The predicted octanol–water partition coefficient (Wildman–Crippen LogP) is -0.688. The second-order valence-electron chi connectivity index (χ2n) is 5.37. The summed E-state index contributed by atoms with van der Waals surface area (Å²) in [6, 6.07) is -0.0619. The number of hydrogen-bond acceptors (Lipinski definition) is 4. The van der Waals surface area contributed by atoms with E-state index >= 15 is 0 Å². The second-order valence-corrected chi connectivity index (χ2v) is 5.37. The van der Waals surface area contributed by atoms with Gasteiger partial charge in [0.25, 0.3) is 0 Å². The van der Waals surface area contributed by atoms with Crippen LogP contribution in [0.1, 0.15) is 25.7 Å². The lowest BCUT2D eigenvalue weighted by molar-refractivity contribution is -0.147. The molecule has 2 aliphatic carbocycles. The van der Waals surface area contributed by atoms with Crippen molar-refractivity contribution in [3.63, 3.8) is 0 Å². The van der Waals surface area contributed by atoms with E-state index in [-0.39, 0.29) is 30.8 Å². The molecule has 2 saturated carbocycles. The van der Waals surface area contributed by atoms with Crippen molar-refractivity contribution in [2.24, 2.45) is 23.5 Å². The summed E-state index contributed by atoms with van der Waals surface area (Å²) in [5, 5.41) is 20.3. The molecule has 0 saturated heterocycles. The number of hydrogen-bond donors (Lipinski definition) is 4. The first-order valence-corrected chi connectivity index (χ1v) is 6.45. The predicted molar refractivity (Wildman–Crippen MR) is 63.6 cm³/mol. The highest BCUT2D eigenvalue weighted by Gasteiger charge is 2.48. The molecule has 1 amide bonds. The molecule has 5 unspecified atom stereocenters. The number of carbonyl (C=O) groups is 2. The van der Waals surface area contributed by atoms with Crippen LogP contribution in [0.15, 0.2) is 0 Å². The number of amides is 1. The maximum absolute atomic E-state index is 12.0. The third-order valence-corrected chi connectivity index (χ3v) is 4.29. The zero-order chi connectivity index (χ0) is 13.3. The summed E-state index contributed by atoms with van der Waals surface area (Å²) in [5.74, 6) is -0.636. The molecule has 18 heavy (non-hydrogen) atoms. The van der Waals surface area contributed by atoms with Crippen molar-refractivity contribution in [1.29, 1.82) is 0 Å². The molecule has 2 aliphatic rings. The molecule has 2 bridgehead atoms. The number of nitrogens with two attached hydrogens (primary N) is 1. The third-order valence-electron chi connectivity index (χ3n) is 4.29. The quantitative estimate of drug-likeness (QED) is 0.520. The van der Waals surface area contributed by atoms with E-state index in [1.807, 2.05) is 0 Å². The standard InChI is InChI=1S/C12H20N2O4/c13-10-7-2-1-6(5-7)9(10)11(16)14-4-3-8(15)12(17)18/h6-10,15H,1-5,13H2,(H,14,16)(H,17,18). The van der Waals surface area contributed by atoms with Crippen molar-refractivity contribution in [1.82, 2.24) is 5.32 Å². The molecule has 5 atom stereocenters. The van der Waals surface area contributed by atoms with Gasteiger partial charge in [-0.15, -0.1) is 0 Å². The number of carboxylic acid groups (broad SMARTS) is 1. The lowest BCUT2D eigenvalue weighted by Crippen LogP contribution is -2.45. The van der Waals surface area contributed by atoms with Gasteiger partial charge < -0.3 is 21.3 Å². The maximum Gasteiger partial charge on any atom is 0.332 e. The summed E-state index contributed by atoms with van der Waals surface area (Å²) in [7, 11) is 0. The van der Waals surface area contributed by atoms with E-state index in [1.54, 1.807) is 0 Å². The Morgan fingerprint density at radius 2 is 2.00 bits per heavy atom. The summed E-state index contributed by atoms with van der Waals surface area (Å²) >= 11 is 0. The van der Waals surface area contributed by atoms with Gasteiger partial charge in [0.1, 0.15) is 0 Å². The average Bonchev–Trinajstić information content (AvgIpc) is 2.88. The molecule has 102 valence electrons.